The fourth-order valence-corrected chi connectivity index (χ4v) is 3.69. The predicted molar refractivity (Wildman–Crippen MR) is 115 cm³/mol. The van der Waals surface area contributed by atoms with Crippen molar-refractivity contribution in [2.75, 3.05) is 12.4 Å². The number of methoxy groups -OCH3 is 1. The number of aromatic nitrogens is 3. The normalized spacial score (nSPS) is 10.8. The Morgan fingerprint density at radius 1 is 1.16 bits per heavy atom. The number of halogens is 1. The molecule has 2 heterocycles. The standard InChI is InChI=1S/C22H19FN4O3S/c1-29-18-6-3-2-5-16(18)17-13-31-22(24-17)25-19(28)7-4-8-20-26-21(27-30-20)14-9-11-15(23)12-10-14/h2-3,5-6,9-13H,4,7-8H2,1H3,(H,24,25,28). The maximum Gasteiger partial charge on any atom is 0.226 e. The summed E-state index contributed by atoms with van der Waals surface area (Å²) in [4.78, 5) is 21.0. The largest absolute Gasteiger partial charge is 0.496 e. The van der Waals surface area contributed by atoms with Gasteiger partial charge in [0.15, 0.2) is 5.13 Å². The van der Waals surface area contributed by atoms with E-state index in [1.54, 1.807) is 19.2 Å². The van der Waals surface area contributed by atoms with Crippen LogP contribution in [0.25, 0.3) is 22.6 Å². The molecule has 0 atom stereocenters. The lowest BCUT2D eigenvalue weighted by Crippen LogP contribution is -2.11. The van der Waals surface area contributed by atoms with Crippen LogP contribution in [0, 0.1) is 5.82 Å². The molecule has 0 saturated carbocycles. The van der Waals surface area contributed by atoms with E-state index in [1.165, 1.54) is 23.5 Å². The molecule has 0 aliphatic carbocycles. The molecular formula is C22H19FN4O3S. The summed E-state index contributed by atoms with van der Waals surface area (Å²) < 4.78 is 23.6. The van der Waals surface area contributed by atoms with Crippen LogP contribution < -0.4 is 10.1 Å². The molecule has 0 spiro atoms. The van der Waals surface area contributed by atoms with Gasteiger partial charge in [-0.2, -0.15) is 4.98 Å². The van der Waals surface area contributed by atoms with Crippen LogP contribution in [0.1, 0.15) is 18.7 Å². The SMILES string of the molecule is COc1ccccc1-c1csc(NC(=O)CCCc2nc(-c3ccc(F)cc3)no2)n1. The zero-order valence-electron chi connectivity index (χ0n) is 16.7. The summed E-state index contributed by atoms with van der Waals surface area (Å²) in [6, 6.07) is 13.4. The highest BCUT2D eigenvalue weighted by Crippen LogP contribution is 2.31. The molecular weight excluding hydrogens is 419 g/mol. The number of hydrogen-bond donors (Lipinski definition) is 1. The van der Waals surface area contributed by atoms with Crippen molar-refractivity contribution in [3.8, 4) is 28.4 Å². The fraction of sp³-hybridized carbons (Fsp3) is 0.182. The lowest BCUT2D eigenvalue weighted by Gasteiger charge is -2.05. The molecule has 2 aromatic carbocycles. The molecule has 0 fully saturated rings. The van der Waals surface area contributed by atoms with Crippen LogP contribution >= 0.6 is 11.3 Å². The Bertz CT molecular complexity index is 1170. The second-order valence-electron chi connectivity index (χ2n) is 6.66. The third kappa shape index (κ3) is 5.13. The van der Waals surface area contributed by atoms with Gasteiger partial charge < -0.3 is 14.6 Å². The van der Waals surface area contributed by atoms with Crippen molar-refractivity contribution >= 4 is 22.4 Å². The second kappa shape index (κ2) is 9.48. The van der Waals surface area contributed by atoms with Crippen LogP contribution in [0.2, 0.25) is 0 Å². The first-order valence-corrected chi connectivity index (χ1v) is 10.5. The van der Waals surface area contributed by atoms with Crippen LogP contribution in [0.3, 0.4) is 0 Å². The Hall–Kier alpha value is -3.59. The minimum atomic E-state index is -0.325. The van der Waals surface area contributed by atoms with Crippen molar-refractivity contribution in [3.63, 3.8) is 0 Å². The number of thiazole rings is 1. The number of carbonyl (C=O) groups excluding carboxylic acids is 1. The number of rotatable bonds is 8. The molecule has 1 amide bonds. The zero-order chi connectivity index (χ0) is 21.6. The Kier molecular flexibility index (Phi) is 6.32. The average molecular weight is 438 g/mol. The first-order chi connectivity index (χ1) is 15.1. The van der Waals surface area contributed by atoms with Gasteiger partial charge in [-0.25, -0.2) is 9.37 Å². The number of hydrogen-bond acceptors (Lipinski definition) is 7. The van der Waals surface area contributed by atoms with Crippen LogP contribution in [0.15, 0.2) is 58.4 Å². The van der Waals surface area contributed by atoms with Crippen molar-refractivity contribution in [2.24, 2.45) is 0 Å². The van der Waals surface area contributed by atoms with Gasteiger partial charge in [0.2, 0.25) is 17.6 Å². The van der Waals surface area contributed by atoms with Gasteiger partial charge in [0.05, 0.1) is 12.8 Å². The summed E-state index contributed by atoms with van der Waals surface area (Å²) in [5.41, 5.74) is 2.29. The fourth-order valence-electron chi connectivity index (χ4n) is 2.97. The Labute approximate surface area is 181 Å². The van der Waals surface area contributed by atoms with Crippen LogP contribution in [0.5, 0.6) is 5.75 Å². The highest BCUT2D eigenvalue weighted by Gasteiger charge is 2.13. The van der Waals surface area contributed by atoms with Gasteiger partial charge in [0.25, 0.3) is 0 Å². The summed E-state index contributed by atoms with van der Waals surface area (Å²) in [6.45, 7) is 0. The smallest absolute Gasteiger partial charge is 0.226 e. The van der Waals surface area contributed by atoms with E-state index in [-0.39, 0.29) is 18.1 Å². The van der Waals surface area contributed by atoms with Crippen LogP contribution in [-0.2, 0) is 11.2 Å². The molecule has 0 saturated heterocycles. The summed E-state index contributed by atoms with van der Waals surface area (Å²) >= 11 is 1.36. The summed E-state index contributed by atoms with van der Waals surface area (Å²) in [5.74, 6) is 1.09. The molecule has 4 aromatic rings. The number of aryl methyl sites for hydroxylation is 1. The van der Waals surface area contributed by atoms with Crippen LogP contribution in [0.4, 0.5) is 9.52 Å². The number of amides is 1. The molecule has 4 rings (SSSR count). The quantitative estimate of drug-likeness (QED) is 0.418. The van der Waals surface area contributed by atoms with Gasteiger partial charge in [-0.3, -0.25) is 4.79 Å². The number of ether oxygens (including phenoxy) is 1. The van der Waals surface area contributed by atoms with Gasteiger partial charge in [-0.1, -0.05) is 17.3 Å². The molecule has 0 radical (unpaired) electrons. The van der Waals surface area contributed by atoms with Gasteiger partial charge in [0, 0.05) is 29.3 Å². The molecule has 1 N–H and O–H groups in total. The molecule has 7 nitrogen and oxygen atoms in total. The molecule has 2 aromatic heterocycles. The molecule has 0 unspecified atom stereocenters. The topological polar surface area (TPSA) is 90.1 Å². The number of nitrogens with one attached hydrogen (secondary N) is 1. The van der Waals surface area contributed by atoms with Gasteiger partial charge in [0.1, 0.15) is 11.6 Å². The number of para-hydroxylation sites is 1. The van der Waals surface area contributed by atoms with Crippen molar-refractivity contribution < 1.29 is 18.4 Å². The first kappa shape index (κ1) is 20.7. The number of nitrogens with zero attached hydrogens (tertiary/aromatic N) is 3. The van der Waals surface area contributed by atoms with E-state index < -0.39 is 0 Å². The highest BCUT2D eigenvalue weighted by atomic mass is 32.1. The van der Waals surface area contributed by atoms with Gasteiger partial charge >= 0.3 is 0 Å². The van der Waals surface area contributed by atoms with E-state index in [4.69, 9.17) is 9.26 Å². The number of anilines is 1. The van der Waals surface area contributed by atoms with E-state index in [0.29, 0.717) is 35.3 Å². The molecule has 0 bridgehead atoms. The van der Waals surface area contributed by atoms with Gasteiger partial charge in [-0.05, 0) is 42.8 Å². The van der Waals surface area contributed by atoms with Crippen molar-refractivity contribution in [1.29, 1.82) is 0 Å². The third-order valence-electron chi connectivity index (χ3n) is 4.50. The second-order valence-corrected chi connectivity index (χ2v) is 7.52. The lowest BCUT2D eigenvalue weighted by atomic mass is 10.1. The van der Waals surface area contributed by atoms with E-state index in [0.717, 1.165) is 17.0 Å². The highest BCUT2D eigenvalue weighted by molar-refractivity contribution is 7.14. The Morgan fingerprint density at radius 2 is 1.97 bits per heavy atom. The molecule has 31 heavy (non-hydrogen) atoms. The molecule has 158 valence electrons. The Balaban J connectivity index is 1.28. The zero-order valence-corrected chi connectivity index (χ0v) is 17.5. The summed E-state index contributed by atoms with van der Waals surface area (Å²) in [7, 11) is 1.61. The maximum atomic E-state index is 13.0. The Morgan fingerprint density at radius 3 is 2.77 bits per heavy atom. The van der Waals surface area contributed by atoms with E-state index in [2.05, 4.69) is 20.4 Å². The third-order valence-corrected chi connectivity index (χ3v) is 5.26. The van der Waals surface area contributed by atoms with Gasteiger partial charge in [-0.15, -0.1) is 11.3 Å². The van der Waals surface area contributed by atoms with Crippen molar-refractivity contribution in [2.45, 2.75) is 19.3 Å². The number of benzene rings is 2. The van der Waals surface area contributed by atoms with Crippen molar-refractivity contribution in [1.82, 2.24) is 15.1 Å². The molecule has 0 aliphatic rings. The molecule has 0 aliphatic heterocycles. The van der Waals surface area contributed by atoms with E-state index in [9.17, 15) is 9.18 Å². The minimum absolute atomic E-state index is 0.140. The van der Waals surface area contributed by atoms with E-state index in [1.807, 2.05) is 29.6 Å². The maximum absolute atomic E-state index is 13.0. The summed E-state index contributed by atoms with van der Waals surface area (Å²) in [6.07, 6.45) is 1.30. The monoisotopic (exact) mass is 438 g/mol. The predicted octanol–water partition coefficient (Wildman–Crippen LogP) is 4.97. The summed E-state index contributed by atoms with van der Waals surface area (Å²) in [5, 5.41) is 9.13. The molecule has 9 heteroatoms. The van der Waals surface area contributed by atoms with E-state index >= 15 is 0 Å². The lowest BCUT2D eigenvalue weighted by molar-refractivity contribution is -0.116. The number of carbonyl (C=O) groups is 1. The minimum Gasteiger partial charge on any atom is -0.496 e. The van der Waals surface area contributed by atoms with Crippen molar-refractivity contribution in [3.05, 3.63) is 65.6 Å². The first-order valence-electron chi connectivity index (χ1n) is 9.59. The average Bonchev–Trinajstić information content (AvgIpc) is 3.44. The van der Waals surface area contributed by atoms with Crippen LogP contribution in [-0.4, -0.2) is 28.1 Å².